The van der Waals surface area contributed by atoms with Crippen molar-refractivity contribution < 1.29 is 29.1 Å². The van der Waals surface area contributed by atoms with Gasteiger partial charge in [-0.2, -0.15) is 5.90 Å². The van der Waals surface area contributed by atoms with Gasteiger partial charge in [-0.15, -0.1) is 0 Å². The number of unbranched alkanes of at least 4 members (excludes halogenated alkanes) is 10. The molecule has 0 heterocycles. The van der Waals surface area contributed by atoms with Gasteiger partial charge in [0.25, 0.3) is 0 Å². The van der Waals surface area contributed by atoms with Crippen LogP contribution in [-0.2, 0) is 24.0 Å². The van der Waals surface area contributed by atoms with Crippen LogP contribution in [0.4, 0.5) is 0 Å². The summed E-state index contributed by atoms with van der Waals surface area (Å²) in [4.78, 5) is 38.7. The number of allylic oxidation sites excluding steroid dienone is 2. The largest absolute Gasteiger partial charge is 0.447 e. The number of esters is 1. The minimum absolute atomic E-state index is 0.215. The van der Waals surface area contributed by atoms with Crippen molar-refractivity contribution in [2.75, 3.05) is 6.54 Å². The van der Waals surface area contributed by atoms with E-state index < -0.39 is 36.7 Å². The lowest BCUT2D eigenvalue weighted by atomic mass is 10.1. The van der Waals surface area contributed by atoms with Gasteiger partial charge >= 0.3 is 11.9 Å². The van der Waals surface area contributed by atoms with E-state index in [4.69, 9.17) is 16.4 Å². The van der Waals surface area contributed by atoms with Crippen molar-refractivity contribution >= 4 is 17.8 Å². The van der Waals surface area contributed by atoms with Gasteiger partial charge in [0.2, 0.25) is 18.2 Å². The van der Waals surface area contributed by atoms with Gasteiger partial charge in [-0.05, 0) is 38.5 Å². The summed E-state index contributed by atoms with van der Waals surface area (Å²) in [7, 11) is 0. The molecule has 0 saturated carbocycles. The van der Waals surface area contributed by atoms with Crippen LogP contribution in [0.2, 0.25) is 0 Å². The number of hydrogen-bond donors (Lipinski definition) is 4. The van der Waals surface area contributed by atoms with Gasteiger partial charge in [0.05, 0.1) is 6.54 Å². The Balaban J connectivity index is 3.94. The fraction of sp³-hybridized carbons (Fsp3) is 0.773. The predicted molar refractivity (Wildman–Crippen MR) is 118 cm³/mol. The fourth-order valence-electron chi connectivity index (χ4n) is 3.00. The highest BCUT2D eigenvalue weighted by atomic mass is 16.7. The topological polar surface area (TPSA) is 154 Å². The molecule has 2 unspecified atom stereocenters. The Morgan fingerprint density at radius 3 is 2.00 bits per heavy atom. The Bertz CT molecular complexity index is 527. The molecule has 6 N–H and O–H groups in total. The number of aliphatic hydroxyl groups is 1. The normalized spacial score (nSPS) is 13.0. The molecule has 0 aliphatic carbocycles. The number of carbonyl (C=O) groups is 3. The molecule has 180 valence electrons. The summed E-state index contributed by atoms with van der Waals surface area (Å²) in [6, 6.07) is 0. The second-order valence-corrected chi connectivity index (χ2v) is 7.56. The summed E-state index contributed by atoms with van der Waals surface area (Å²) in [5, 5.41) is 11.5. The number of nitrogens with two attached hydrogens (primary N) is 2. The molecule has 9 nitrogen and oxygen atoms in total. The highest BCUT2D eigenvalue weighted by Crippen LogP contribution is 2.12. The SMILES string of the molecule is CCCCCCCC/C=C/CCCCCCC(OC(=O)C(O)NC(=O)CN)C(=O)ON. The van der Waals surface area contributed by atoms with Gasteiger partial charge in [-0.3, -0.25) is 4.79 Å². The summed E-state index contributed by atoms with van der Waals surface area (Å²) < 4.78 is 4.91. The minimum Gasteiger partial charge on any atom is -0.447 e. The molecule has 0 saturated heterocycles. The van der Waals surface area contributed by atoms with Crippen molar-refractivity contribution in [1.82, 2.24) is 5.32 Å². The average Bonchev–Trinajstić information content (AvgIpc) is 2.77. The van der Waals surface area contributed by atoms with E-state index in [-0.39, 0.29) is 6.42 Å². The molecular formula is C22H41N3O6. The third-order valence-electron chi connectivity index (χ3n) is 4.82. The zero-order valence-electron chi connectivity index (χ0n) is 18.9. The number of nitrogens with one attached hydrogen (secondary N) is 1. The number of aliphatic hydroxyl groups excluding tert-OH is 1. The number of carbonyl (C=O) groups excluding carboxylic acids is 3. The number of hydrogen-bond acceptors (Lipinski definition) is 8. The minimum atomic E-state index is -1.91. The Kier molecular flexibility index (Phi) is 18.7. The molecule has 0 bridgehead atoms. The van der Waals surface area contributed by atoms with Crippen molar-refractivity contribution in [3.05, 3.63) is 12.2 Å². The Labute approximate surface area is 185 Å². The van der Waals surface area contributed by atoms with E-state index in [1.807, 2.05) is 5.32 Å². The van der Waals surface area contributed by atoms with Crippen molar-refractivity contribution in [2.45, 2.75) is 103 Å². The summed E-state index contributed by atoms with van der Waals surface area (Å²) in [6.07, 6.45) is 15.0. The quantitative estimate of drug-likeness (QED) is 0.0780. The Morgan fingerprint density at radius 1 is 0.903 bits per heavy atom. The molecule has 0 radical (unpaired) electrons. The van der Waals surface area contributed by atoms with Gasteiger partial charge in [-0.1, -0.05) is 64.0 Å². The van der Waals surface area contributed by atoms with E-state index in [0.717, 1.165) is 32.1 Å². The third kappa shape index (κ3) is 16.4. The number of rotatable bonds is 19. The Morgan fingerprint density at radius 2 is 1.45 bits per heavy atom. The third-order valence-corrected chi connectivity index (χ3v) is 4.82. The summed E-state index contributed by atoms with van der Waals surface area (Å²) in [5.74, 6) is 2.06. The lowest BCUT2D eigenvalue weighted by Gasteiger charge is -2.18. The average molecular weight is 444 g/mol. The van der Waals surface area contributed by atoms with Crippen LogP contribution in [-0.4, -0.2) is 41.8 Å². The first-order valence-electron chi connectivity index (χ1n) is 11.4. The lowest BCUT2D eigenvalue weighted by Crippen LogP contribution is -2.46. The number of amides is 1. The van der Waals surface area contributed by atoms with Crippen molar-refractivity contribution in [3.8, 4) is 0 Å². The second-order valence-electron chi connectivity index (χ2n) is 7.56. The van der Waals surface area contributed by atoms with E-state index in [0.29, 0.717) is 6.42 Å². The lowest BCUT2D eigenvalue weighted by molar-refractivity contribution is -0.175. The molecule has 9 heteroatoms. The van der Waals surface area contributed by atoms with E-state index >= 15 is 0 Å². The molecule has 2 atom stereocenters. The van der Waals surface area contributed by atoms with E-state index in [1.54, 1.807) is 0 Å². The van der Waals surface area contributed by atoms with Gasteiger partial charge in [0.15, 0.2) is 0 Å². The van der Waals surface area contributed by atoms with Crippen LogP contribution in [0.1, 0.15) is 90.4 Å². The van der Waals surface area contributed by atoms with Crippen molar-refractivity contribution in [2.24, 2.45) is 11.6 Å². The maximum Gasteiger partial charge on any atom is 0.365 e. The van der Waals surface area contributed by atoms with Crippen molar-refractivity contribution in [3.63, 3.8) is 0 Å². The van der Waals surface area contributed by atoms with Crippen LogP contribution in [0.15, 0.2) is 12.2 Å². The summed E-state index contributed by atoms with van der Waals surface area (Å²) in [5.41, 5.74) is 5.09. The van der Waals surface area contributed by atoms with Gasteiger partial charge < -0.3 is 25.7 Å². The second kappa shape index (κ2) is 20.0. The zero-order valence-corrected chi connectivity index (χ0v) is 18.9. The summed E-state index contributed by atoms with van der Waals surface area (Å²) >= 11 is 0. The first kappa shape index (κ1) is 29.0. The standard InChI is InChI=1S/C22H41N3O6/c1-2-3-4-5-6-7-8-9-10-11-12-13-14-15-16-18(21(28)31-24)30-22(29)20(27)25-19(26)17-23/h9-10,18,20,27H,2-8,11-17,23-24H2,1H3,(H,25,26)/b10-9+. The molecule has 0 aromatic heterocycles. The first-order valence-corrected chi connectivity index (χ1v) is 11.4. The van der Waals surface area contributed by atoms with Crippen LogP contribution >= 0.6 is 0 Å². The van der Waals surface area contributed by atoms with Crippen LogP contribution in [0.5, 0.6) is 0 Å². The van der Waals surface area contributed by atoms with Gasteiger partial charge in [0, 0.05) is 0 Å². The van der Waals surface area contributed by atoms with Gasteiger partial charge in [0.1, 0.15) is 0 Å². The molecule has 0 aliphatic heterocycles. The first-order chi connectivity index (χ1) is 15.0. The number of ether oxygens (including phenoxy) is 1. The van der Waals surface area contributed by atoms with E-state index in [9.17, 15) is 19.5 Å². The van der Waals surface area contributed by atoms with E-state index in [1.165, 1.54) is 38.5 Å². The fourth-order valence-corrected chi connectivity index (χ4v) is 3.00. The molecule has 0 fully saturated rings. The van der Waals surface area contributed by atoms with Crippen LogP contribution in [0.25, 0.3) is 0 Å². The zero-order chi connectivity index (χ0) is 23.3. The monoisotopic (exact) mass is 443 g/mol. The van der Waals surface area contributed by atoms with Crippen LogP contribution < -0.4 is 16.9 Å². The smallest absolute Gasteiger partial charge is 0.365 e. The molecule has 0 rings (SSSR count). The molecular weight excluding hydrogens is 402 g/mol. The molecule has 0 aromatic rings. The highest BCUT2D eigenvalue weighted by molar-refractivity contribution is 5.85. The predicted octanol–water partition coefficient (Wildman–Crippen LogP) is 2.36. The van der Waals surface area contributed by atoms with Gasteiger partial charge in [-0.25, -0.2) is 9.59 Å². The maximum absolute atomic E-state index is 11.8. The summed E-state index contributed by atoms with van der Waals surface area (Å²) in [6.45, 7) is 1.83. The van der Waals surface area contributed by atoms with Crippen LogP contribution in [0, 0.1) is 0 Å². The molecule has 0 aromatic carbocycles. The molecule has 1 amide bonds. The van der Waals surface area contributed by atoms with Crippen molar-refractivity contribution in [1.29, 1.82) is 0 Å². The van der Waals surface area contributed by atoms with E-state index in [2.05, 4.69) is 23.9 Å². The van der Waals surface area contributed by atoms with Crippen LogP contribution in [0.3, 0.4) is 0 Å². The molecule has 0 spiro atoms. The molecule has 31 heavy (non-hydrogen) atoms. The maximum atomic E-state index is 11.8. The Hall–Kier alpha value is -1.97. The highest BCUT2D eigenvalue weighted by Gasteiger charge is 2.28. The molecule has 0 aliphatic rings.